The molecule has 0 spiro atoms. The zero-order chi connectivity index (χ0) is 20.2. The molecule has 0 saturated heterocycles. The van der Waals surface area contributed by atoms with Crippen LogP contribution < -0.4 is 9.47 Å². The van der Waals surface area contributed by atoms with Gasteiger partial charge in [-0.3, -0.25) is 0 Å². The van der Waals surface area contributed by atoms with Gasteiger partial charge in [-0.05, 0) is 113 Å². The van der Waals surface area contributed by atoms with Crippen LogP contribution in [0.4, 0.5) is 0 Å². The van der Waals surface area contributed by atoms with Crippen LogP contribution in [0.15, 0.2) is 66.8 Å². The first kappa shape index (κ1) is 22.7. The molecule has 2 rings (SSSR count). The highest BCUT2D eigenvalue weighted by atomic mass is 79.9. The van der Waals surface area contributed by atoms with Gasteiger partial charge in [-0.25, -0.2) is 0 Å². The molecule has 0 aliphatic heterocycles. The fourth-order valence-corrected chi connectivity index (χ4v) is 5.25. The highest BCUT2D eigenvalue weighted by molar-refractivity contribution is 9.11. The first-order valence-corrected chi connectivity index (χ1v) is 11.4. The summed E-state index contributed by atoms with van der Waals surface area (Å²) in [6, 6.07) is 8.37. The third kappa shape index (κ3) is 5.28. The number of ether oxygens (including phenoxy) is 2. The van der Waals surface area contributed by atoms with Crippen LogP contribution in [0.1, 0.15) is 38.8 Å². The molecule has 0 radical (unpaired) electrons. The summed E-state index contributed by atoms with van der Waals surface area (Å²) >= 11 is 14.5. The number of allylic oxidation sites excluding steroid dienone is 2. The standard InChI is InChI=1S/C21H20Br4O2/c1-5-7-26-19-15(22)9-13(10-16(19)23)21(3,4)14-11-17(24)20(18(25)12-14)27-8-6-2/h5-12H,1-4H3. The Balaban J connectivity index is 2.49. The van der Waals surface area contributed by atoms with Gasteiger partial charge < -0.3 is 9.47 Å². The van der Waals surface area contributed by atoms with Gasteiger partial charge >= 0.3 is 0 Å². The monoisotopic (exact) mass is 620 g/mol. The minimum absolute atomic E-state index is 0.242. The Morgan fingerprint density at radius 2 is 0.963 bits per heavy atom. The van der Waals surface area contributed by atoms with Crippen molar-refractivity contribution in [3.63, 3.8) is 0 Å². The molecule has 0 heterocycles. The van der Waals surface area contributed by atoms with E-state index >= 15 is 0 Å². The number of benzene rings is 2. The van der Waals surface area contributed by atoms with E-state index in [0.717, 1.165) is 40.5 Å². The molecule has 0 unspecified atom stereocenters. The van der Waals surface area contributed by atoms with Crippen LogP contribution in [0.5, 0.6) is 11.5 Å². The Morgan fingerprint density at radius 1 is 0.667 bits per heavy atom. The van der Waals surface area contributed by atoms with Crippen molar-refractivity contribution in [1.82, 2.24) is 0 Å². The van der Waals surface area contributed by atoms with Crippen molar-refractivity contribution in [2.45, 2.75) is 33.1 Å². The smallest absolute Gasteiger partial charge is 0.154 e. The molecule has 144 valence electrons. The second kappa shape index (κ2) is 9.77. The molecule has 2 aromatic rings. The van der Waals surface area contributed by atoms with Crippen molar-refractivity contribution in [3.05, 3.63) is 78.0 Å². The Kier molecular flexibility index (Phi) is 8.22. The summed E-state index contributed by atoms with van der Waals surface area (Å²) in [5, 5.41) is 0. The SMILES string of the molecule is CC=COc1c(Br)cc(C(C)(C)c2cc(Br)c(OC=CC)c(Br)c2)cc1Br. The topological polar surface area (TPSA) is 18.5 Å². The van der Waals surface area contributed by atoms with Crippen LogP contribution in [-0.2, 0) is 5.41 Å². The maximum Gasteiger partial charge on any atom is 0.154 e. The molecule has 0 aromatic heterocycles. The lowest BCUT2D eigenvalue weighted by Gasteiger charge is -2.28. The van der Waals surface area contributed by atoms with E-state index in [2.05, 4.69) is 102 Å². The van der Waals surface area contributed by atoms with Crippen LogP contribution in [0, 0.1) is 0 Å². The first-order valence-electron chi connectivity index (χ1n) is 8.27. The summed E-state index contributed by atoms with van der Waals surface area (Å²) in [5.74, 6) is 1.51. The predicted molar refractivity (Wildman–Crippen MR) is 127 cm³/mol. The van der Waals surface area contributed by atoms with Crippen molar-refractivity contribution < 1.29 is 9.47 Å². The molecule has 27 heavy (non-hydrogen) atoms. The van der Waals surface area contributed by atoms with Gasteiger partial charge in [0, 0.05) is 5.41 Å². The van der Waals surface area contributed by atoms with E-state index in [1.54, 1.807) is 12.5 Å². The van der Waals surface area contributed by atoms with Crippen LogP contribution in [0.3, 0.4) is 0 Å². The van der Waals surface area contributed by atoms with Gasteiger partial charge in [0.15, 0.2) is 11.5 Å². The molecule has 2 aromatic carbocycles. The zero-order valence-corrected chi connectivity index (χ0v) is 21.8. The van der Waals surface area contributed by atoms with Crippen molar-refractivity contribution in [3.8, 4) is 11.5 Å². The van der Waals surface area contributed by atoms with Crippen molar-refractivity contribution >= 4 is 63.7 Å². The van der Waals surface area contributed by atoms with Gasteiger partial charge in [-0.1, -0.05) is 26.0 Å². The average Bonchev–Trinajstić information content (AvgIpc) is 2.60. The number of hydrogen-bond donors (Lipinski definition) is 0. The second-order valence-corrected chi connectivity index (χ2v) is 9.75. The zero-order valence-electron chi connectivity index (χ0n) is 15.4. The highest BCUT2D eigenvalue weighted by Crippen LogP contribution is 2.44. The molecule has 0 N–H and O–H groups in total. The Morgan fingerprint density at radius 3 is 1.22 bits per heavy atom. The highest BCUT2D eigenvalue weighted by Gasteiger charge is 2.27. The average molecular weight is 624 g/mol. The molecule has 6 heteroatoms. The van der Waals surface area contributed by atoms with E-state index in [-0.39, 0.29) is 5.41 Å². The van der Waals surface area contributed by atoms with Crippen molar-refractivity contribution in [2.75, 3.05) is 0 Å². The molecule has 0 bridgehead atoms. The third-order valence-corrected chi connectivity index (χ3v) is 6.44. The fraction of sp³-hybridized carbons (Fsp3) is 0.238. The lowest BCUT2D eigenvalue weighted by molar-refractivity contribution is 0.472. The number of rotatable bonds is 6. The number of hydrogen-bond acceptors (Lipinski definition) is 2. The largest absolute Gasteiger partial charge is 0.463 e. The van der Waals surface area contributed by atoms with Crippen LogP contribution in [0.2, 0.25) is 0 Å². The first-order chi connectivity index (χ1) is 12.7. The summed E-state index contributed by atoms with van der Waals surface area (Å²) in [6.07, 6.45) is 7.02. The molecule has 0 saturated carbocycles. The fourth-order valence-electron chi connectivity index (χ4n) is 2.51. The van der Waals surface area contributed by atoms with E-state index in [1.807, 2.05) is 26.0 Å². The lowest BCUT2D eigenvalue weighted by Crippen LogP contribution is -2.19. The van der Waals surface area contributed by atoms with Crippen LogP contribution in [0.25, 0.3) is 0 Å². The van der Waals surface area contributed by atoms with Crippen LogP contribution >= 0.6 is 63.7 Å². The van der Waals surface area contributed by atoms with Gasteiger partial charge in [0.25, 0.3) is 0 Å². The maximum atomic E-state index is 5.67. The van der Waals surface area contributed by atoms with Crippen molar-refractivity contribution in [2.24, 2.45) is 0 Å². The van der Waals surface area contributed by atoms with Gasteiger partial charge in [-0.2, -0.15) is 0 Å². The number of halogens is 4. The molecule has 0 aliphatic rings. The van der Waals surface area contributed by atoms with Gasteiger partial charge in [0.1, 0.15) is 0 Å². The molecular formula is C21H20Br4O2. The second-order valence-electron chi connectivity index (χ2n) is 6.34. The lowest BCUT2D eigenvalue weighted by atomic mass is 9.78. The third-order valence-electron chi connectivity index (χ3n) is 4.08. The van der Waals surface area contributed by atoms with E-state index in [9.17, 15) is 0 Å². The summed E-state index contributed by atoms with van der Waals surface area (Å²) in [7, 11) is 0. The summed E-state index contributed by atoms with van der Waals surface area (Å²) < 4.78 is 14.9. The molecule has 0 fully saturated rings. The van der Waals surface area contributed by atoms with Crippen molar-refractivity contribution in [1.29, 1.82) is 0 Å². The minimum Gasteiger partial charge on any atom is -0.463 e. The Bertz CT molecular complexity index is 768. The Hall–Kier alpha value is -0.560. The van der Waals surface area contributed by atoms with E-state index in [0.29, 0.717) is 0 Å². The molecule has 2 nitrogen and oxygen atoms in total. The van der Waals surface area contributed by atoms with E-state index < -0.39 is 0 Å². The van der Waals surface area contributed by atoms with Gasteiger partial charge in [0.2, 0.25) is 0 Å². The van der Waals surface area contributed by atoms with Gasteiger partial charge in [0.05, 0.1) is 30.4 Å². The minimum atomic E-state index is -0.242. The summed E-state index contributed by atoms with van der Waals surface area (Å²) in [6.45, 7) is 8.21. The maximum absolute atomic E-state index is 5.67. The normalized spacial score (nSPS) is 12.1. The van der Waals surface area contributed by atoms with E-state index in [4.69, 9.17) is 9.47 Å². The molecule has 0 amide bonds. The van der Waals surface area contributed by atoms with Crippen LogP contribution in [-0.4, -0.2) is 0 Å². The predicted octanol–water partition coefficient (Wildman–Crippen LogP) is 8.89. The molecule has 0 atom stereocenters. The summed E-state index contributed by atoms with van der Waals surface area (Å²) in [5.41, 5.74) is 2.05. The Labute approximate surface area is 194 Å². The molecule has 0 aliphatic carbocycles. The quantitative estimate of drug-likeness (QED) is 0.299. The van der Waals surface area contributed by atoms with Gasteiger partial charge in [-0.15, -0.1) is 0 Å². The van der Waals surface area contributed by atoms with E-state index in [1.165, 1.54) is 0 Å². The summed E-state index contributed by atoms with van der Waals surface area (Å²) in [4.78, 5) is 0. The molecular weight excluding hydrogens is 604 g/mol.